The lowest BCUT2D eigenvalue weighted by Gasteiger charge is -2.23. The highest BCUT2D eigenvalue weighted by molar-refractivity contribution is 9.10. The molecule has 1 saturated heterocycles. The zero-order valence-corrected chi connectivity index (χ0v) is 19.1. The molecule has 1 aliphatic heterocycles. The molecule has 6 nitrogen and oxygen atoms in total. The van der Waals surface area contributed by atoms with Crippen LogP contribution in [0.1, 0.15) is 22.3 Å². The predicted octanol–water partition coefficient (Wildman–Crippen LogP) is 3.26. The average Bonchev–Trinajstić information content (AvgIpc) is 2.98. The Kier molecular flexibility index (Phi) is 7.87. The van der Waals surface area contributed by atoms with Crippen LogP contribution >= 0.6 is 15.9 Å². The Labute approximate surface area is 186 Å². The van der Waals surface area contributed by atoms with Crippen LogP contribution < -0.4 is 4.74 Å². The van der Waals surface area contributed by atoms with Crippen LogP contribution in [0, 0.1) is 0 Å². The van der Waals surface area contributed by atoms with Crippen LogP contribution in [-0.4, -0.2) is 73.3 Å². The first kappa shape index (κ1) is 22.3. The van der Waals surface area contributed by atoms with Crippen molar-refractivity contribution in [2.24, 2.45) is 0 Å². The average molecular weight is 474 g/mol. The van der Waals surface area contributed by atoms with E-state index in [0.717, 1.165) is 23.0 Å². The van der Waals surface area contributed by atoms with E-state index in [2.05, 4.69) is 20.8 Å². The van der Waals surface area contributed by atoms with Crippen LogP contribution in [0.2, 0.25) is 0 Å². The highest BCUT2D eigenvalue weighted by atomic mass is 79.9. The van der Waals surface area contributed by atoms with Crippen LogP contribution in [0.5, 0.6) is 5.75 Å². The van der Waals surface area contributed by atoms with Crippen molar-refractivity contribution in [1.29, 1.82) is 0 Å². The van der Waals surface area contributed by atoms with Gasteiger partial charge in [0, 0.05) is 50.3 Å². The smallest absolute Gasteiger partial charge is 0.257 e. The molecule has 0 bridgehead atoms. The normalized spacial score (nSPS) is 14.8. The van der Waals surface area contributed by atoms with Gasteiger partial charge in [0.25, 0.3) is 5.91 Å². The lowest BCUT2D eigenvalue weighted by Crippen LogP contribution is -2.39. The summed E-state index contributed by atoms with van der Waals surface area (Å²) in [5.41, 5.74) is 1.60. The second-order valence-electron chi connectivity index (χ2n) is 7.59. The monoisotopic (exact) mass is 473 g/mol. The van der Waals surface area contributed by atoms with Crippen molar-refractivity contribution in [3.63, 3.8) is 0 Å². The molecule has 3 rings (SSSR count). The van der Waals surface area contributed by atoms with Crippen molar-refractivity contribution in [2.75, 3.05) is 46.8 Å². The number of carbonyl (C=O) groups excluding carboxylic acids is 2. The van der Waals surface area contributed by atoms with Crippen molar-refractivity contribution < 1.29 is 14.3 Å². The lowest BCUT2D eigenvalue weighted by molar-refractivity contribution is -0.129. The van der Waals surface area contributed by atoms with E-state index in [1.165, 1.54) is 0 Å². The molecule has 0 aromatic heterocycles. The van der Waals surface area contributed by atoms with Gasteiger partial charge in [0.15, 0.2) is 0 Å². The fourth-order valence-corrected chi connectivity index (χ4v) is 3.77. The number of rotatable bonds is 6. The number of benzene rings is 2. The van der Waals surface area contributed by atoms with Gasteiger partial charge in [-0.1, -0.05) is 46.3 Å². The Hall–Kier alpha value is -2.38. The maximum absolute atomic E-state index is 13.2. The van der Waals surface area contributed by atoms with Crippen molar-refractivity contribution in [1.82, 2.24) is 14.7 Å². The number of amides is 2. The molecule has 2 amide bonds. The highest BCUT2D eigenvalue weighted by Gasteiger charge is 2.24. The zero-order valence-electron chi connectivity index (χ0n) is 17.5. The molecule has 30 heavy (non-hydrogen) atoms. The van der Waals surface area contributed by atoms with Crippen LogP contribution in [0.4, 0.5) is 0 Å². The second-order valence-corrected chi connectivity index (χ2v) is 8.44. The van der Waals surface area contributed by atoms with Crippen LogP contribution in [-0.2, 0) is 11.4 Å². The number of halogens is 1. The van der Waals surface area contributed by atoms with E-state index in [0.29, 0.717) is 44.1 Å². The molecule has 0 saturated carbocycles. The molecule has 0 atom stereocenters. The first-order valence-corrected chi connectivity index (χ1v) is 10.9. The molecule has 0 spiro atoms. The van der Waals surface area contributed by atoms with Gasteiger partial charge in [-0.2, -0.15) is 0 Å². The van der Waals surface area contributed by atoms with E-state index in [4.69, 9.17) is 4.74 Å². The van der Waals surface area contributed by atoms with E-state index in [1.54, 1.807) is 19.0 Å². The molecule has 2 aromatic carbocycles. The lowest BCUT2D eigenvalue weighted by atomic mass is 10.1. The SMILES string of the molecule is CN(C)C(=O)CN1CCCN(C(=O)c2ccccc2OCc2ccccc2Br)CC1. The first-order chi connectivity index (χ1) is 14.5. The number of hydrogen-bond acceptors (Lipinski definition) is 4. The quantitative estimate of drug-likeness (QED) is 0.645. The number of carbonyl (C=O) groups is 2. The fourth-order valence-electron chi connectivity index (χ4n) is 3.38. The van der Waals surface area contributed by atoms with Gasteiger partial charge < -0.3 is 14.5 Å². The predicted molar refractivity (Wildman–Crippen MR) is 121 cm³/mol. The van der Waals surface area contributed by atoms with Crippen molar-refractivity contribution >= 4 is 27.7 Å². The summed E-state index contributed by atoms with van der Waals surface area (Å²) >= 11 is 3.53. The highest BCUT2D eigenvalue weighted by Crippen LogP contribution is 2.24. The molecule has 0 N–H and O–H groups in total. The van der Waals surface area contributed by atoms with E-state index in [-0.39, 0.29) is 11.8 Å². The summed E-state index contributed by atoms with van der Waals surface area (Å²) in [7, 11) is 3.53. The van der Waals surface area contributed by atoms with E-state index in [1.807, 2.05) is 53.4 Å². The Morgan fingerprint density at radius 1 is 1.00 bits per heavy atom. The molecule has 0 aliphatic carbocycles. The molecule has 0 radical (unpaired) electrons. The van der Waals surface area contributed by atoms with Gasteiger partial charge in [-0.3, -0.25) is 14.5 Å². The van der Waals surface area contributed by atoms with Gasteiger partial charge in [0.1, 0.15) is 12.4 Å². The van der Waals surface area contributed by atoms with E-state index in [9.17, 15) is 9.59 Å². The molecular formula is C23H28BrN3O3. The van der Waals surface area contributed by atoms with E-state index < -0.39 is 0 Å². The van der Waals surface area contributed by atoms with Crippen molar-refractivity contribution in [3.05, 3.63) is 64.1 Å². The van der Waals surface area contributed by atoms with Crippen LogP contribution in [0.25, 0.3) is 0 Å². The standard InChI is InChI=1S/C23H28BrN3O3/c1-25(2)22(28)16-26-12-7-13-27(15-14-26)23(29)19-9-4-6-11-21(19)30-17-18-8-3-5-10-20(18)24/h3-6,8-11H,7,12-17H2,1-2H3. The zero-order chi connectivity index (χ0) is 21.5. The number of ether oxygens (including phenoxy) is 1. The van der Waals surface area contributed by atoms with Gasteiger partial charge in [-0.25, -0.2) is 0 Å². The minimum absolute atomic E-state index is 0.0292. The maximum Gasteiger partial charge on any atom is 0.257 e. The molecule has 160 valence electrons. The van der Waals surface area contributed by atoms with Gasteiger partial charge in [-0.15, -0.1) is 0 Å². The third-order valence-corrected chi connectivity index (χ3v) is 5.97. The summed E-state index contributed by atoms with van der Waals surface area (Å²) in [5, 5.41) is 0. The summed E-state index contributed by atoms with van der Waals surface area (Å²) in [6.45, 7) is 3.53. The summed E-state index contributed by atoms with van der Waals surface area (Å²) < 4.78 is 6.99. The van der Waals surface area contributed by atoms with Crippen molar-refractivity contribution in [3.8, 4) is 5.75 Å². The summed E-state index contributed by atoms with van der Waals surface area (Å²) in [6.07, 6.45) is 0.840. The third kappa shape index (κ3) is 5.83. The summed E-state index contributed by atoms with van der Waals surface area (Å²) in [4.78, 5) is 30.8. The minimum atomic E-state index is -0.0292. The van der Waals surface area contributed by atoms with Crippen molar-refractivity contribution in [2.45, 2.75) is 13.0 Å². The van der Waals surface area contributed by atoms with Crippen LogP contribution in [0.15, 0.2) is 53.0 Å². The molecule has 2 aromatic rings. The summed E-state index contributed by atoms with van der Waals surface area (Å²) in [6, 6.07) is 15.3. The Bertz CT molecular complexity index is 888. The van der Waals surface area contributed by atoms with Gasteiger partial charge in [0.05, 0.1) is 12.1 Å². The topological polar surface area (TPSA) is 53.1 Å². The maximum atomic E-state index is 13.2. The Balaban J connectivity index is 1.65. The Morgan fingerprint density at radius 3 is 2.50 bits per heavy atom. The second kappa shape index (κ2) is 10.6. The Morgan fingerprint density at radius 2 is 1.73 bits per heavy atom. The molecule has 1 fully saturated rings. The van der Waals surface area contributed by atoms with E-state index >= 15 is 0 Å². The molecule has 7 heteroatoms. The minimum Gasteiger partial charge on any atom is -0.488 e. The third-order valence-electron chi connectivity index (χ3n) is 5.19. The number of para-hydroxylation sites is 1. The first-order valence-electron chi connectivity index (χ1n) is 10.1. The number of nitrogens with zero attached hydrogens (tertiary/aromatic N) is 3. The molecule has 1 aliphatic rings. The van der Waals surface area contributed by atoms with Gasteiger partial charge in [-0.05, 0) is 24.6 Å². The number of hydrogen-bond donors (Lipinski definition) is 0. The molecule has 0 unspecified atom stereocenters. The number of likely N-dealkylation sites (N-methyl/N-ethyl adjacent to an activating group) is 1. The largest absolute Gasteiger partial charge is 0.488 e. The summed E-state index contributed by atoms with van der Waals surface area (Å²) in [5.74, 6) is 0.640. The van der Waals surface area contributed by atoms with Crippen LogP contribution in [0.3, 0.4) is 0 Å². The van der Waals surface area contributed by atoms with Gasteiger partial charge in [0.2, 0.25) is 5.91 Å². The molecule has 1 heterocycles. The fraction of sp³-hybridized carbons (Fsp3) is 0.391. The molecular weight excluding hydrogens is 446 g/mol. The van der Waals surface area contributed by atoms with Gasteiger partial charge >= 0.3 is 0 Å².